The molecule has 3 aliphatic rings. The zero-order valence-corrected chi connectivity index (χ0v) is 20.5. The highest BCUT2D eigenvalue weighted by atomic mass is 16.7. The minimum absolute atomic E-state index is 0.344. The summed E-state index contributed by atoms with van der Waals surface area (Å²) in [6.07, 6.45) is 0.273. The fourth-order valence-electron chi connectivity index (χ4n) is 5.84. The normalized spacial score (nSPS) is 25.1. The molecule has 5 rings (SSSR count). The Balaban J connectivity index is 1.59. The second-order valence-corrected chi connectivity index (χ2v) is 9.79. The largest absolute Gasteiger partial charge is 0.379 e. The molecule has 2 atom stereocenters. The molecule has 3 heterocycles. The van der Waals surface area contributed by atoms with Crippen molar-refractivity contribution in [2.45, 2.75) is 59.8 Å². The standard InChI is InChI=1S/C27H33N3O3/c1-16-11-18(3)23(19(4)12-16)22-15-27(33-28-22)25(24-20(5)13-17(2)14-21(24)6)29-32-26(27)30-7-9-31-10-8-30/h11-14,26H,7-10,15H2,1-6H3/t26-,27-/m0/s1. The molecule has 0 bridgehead atoms. The van der Waals surface area contributed by atoms with Crippen molar-refractivity contribution in [2.75, 3.05) is 26.3 Å². The van der Waals surface area contributed by atoms with Gasteiger partial charge in [0, 0.05) is 30.6 Å². The second-order valence-electron chi connectivity index (χ2n) is 9.79. The highest BCUT2D eigenvalue weighted by molar-refractivity contribution is 6.15. The molecule has 0 unspecified atom stereocenters. The van der Waals surface area contributed by atoms with Crippen molar-refractivity contribution in [3.05, 3.63) is 68.8 Å². The molecule has 0 amide bonds. The number of hydrogen-bond donors (Lipinski definition) is 0. The fraction of sp³-hybridized carbons (Fsp3) is 0.481. The van der Waals surface area contributed by atoms with E-state index in [1.54, 1.807) is 0 Å². The molecule has 0 aliphatic carbocycles. The minimum Gasteiger partial charge on any atom is -0.379 e. The molecule has 174 valence electrons. The molecule has 6 nitrogen and oxygen atoms in total. The number of rotatable bonds is 3. The van der Waals surface area contributed by atoms with Gasteiger partial charge >= 0.3 is 0 Å². The first kappa shape index (κ1) is 22.1. The Morgan fingerprint density at radius 1 is 0.788 bits per heavy atom. The fourth-order valence-corrected chi connectivity index (χ4v) is 5.84. The average Bonchev–Trinajstić information content (AvgIpc) is 3.32. The van der Waals surface area contributed by atoms with Crippen LogP contribution in [0.25, 0.3) is 0 Å². The smallest absolute Gasteiger partial charge is 0.241 e. The highest BCUT2D eigenvalue weighted by Gasteiger charge is 2.60. The van der Waals surface area contributed by atoms with Crippen LogP contribution in [0.2, 0.25) is 0 Å². The van der Waals surface area contributed by atoms with Gasteiger partial charge in [0.15, 0.2) is 0 Å². The molecule has 6 heteroatoms. The molecule has 3 aliphatic heterocycles. The Morgan fingerprint density at radius 3 is 1.91 bits per heavy atom. The summed E-state index contributed by atoms with van der Waals surface area (Å²) < 4.78 is 5.60. The Kier molecular flexibility index (Phi) is 5.53. The second kappa shape index (κ2) is 8.26. The Labute approximate surface area is 196 Å². The number of benzene rings is 2. The maximum Gasteiger partial charge on any atom is 0.241 e. The zero-order valence-electron chi connectivity index (χ0n) is 20.5. The summed E-state index contributed by atoms with van der Waals surface area (Å²) in [5.74, 6) is 0. The topological polar surface area (TPSA) is 55.7 Å². The Hall–Kier alpha value is -2.70. The highest BCUT2D eigenvalue weighted by Crippen LogP contribution is 2.43. The molecule has 1 saturated heterocycles. The number of oxime groups is 2. The molecule has 2 aromatic carbocycles. The van der Waals surface area contributed by atoms with Crippen molar-refractivity contribution in [1.29, 1.82) is 0 Å². The third-order valence-corrected chi connectivity index (χ3v) is 7.05. The van der Waals surface area contributed by atoms with Crippen LogP contribution in [0.1, 0.15) is 50.9 Å². The summed E-state index contributed by atoms with van der Waals surface area (Å²) in [4.78, 5) is 14.9. The van der Waals surface area contributed by atoms with Crippen molar-refractivity contribution in [1.82, 2.24) is 4.90 Å². The predicted octanol–water partition coefficient (Wildman–Crippen LogP) is 4.49. The van der Waals surface area contributed by atoms with Crippen molar-refractivity contribution in [3.63, 3.8) is 0 Å². The summed E-state index contributed by atoms with van der Waals surface area (Å²) in [7, 11) is 0. The van der Waals surface area contributed by atoms with E-state index in [4.69, 9.17) is 14.4 Å². The van der Waals surface area contributed by atoms with Crippen molar-refractivity contribution >= 4 is 11.4 Å². The van der Waals surface area contributed by atoms with Crippen molar-refractivity contribution in [3.8, 4) is 0 Å². The van der Waals surface area contributed by atoms with Crippen LogP contribution in [0.4, 0.5) is 0 Å². The van der Waals surface area contributed by atoms with E-state index in [-0.39, 0.29) is 6.23 Å². The van der Waals surface area contributed by atoms with E-state index in [0.717, 1.165) is 30.1 Å². The van der Waals surface area contributed by atoms with Crippen molar-refractivity contribution in [2.24, 2.45) is 10.3 Å². The number of hydrogen-bond acceptors (Lipinski definition) is 6. The summed E-state index contributed by atoms with van der Waals surface area (Å²) >= 11 is 0. The van der Waals surface area contributed by atoms with E-state index >= 15 is 0 Å². The minimum atomic E-state index is -0.790. The predicted molar refractivity (Wildman–Crippen MR) is 130 cm³/mol. The van der Waals surface area contributed by atoms with Gasteiger partial charge in [-0.05, 0) is 63.8 Å². The summed E-state index contributed by atoms with van der Waals surface area (Å²) in [6.45, 7) is 15.7. The molecule has 1 fully saturated rings. The van der Waals surface area contributed by atoms with E-state index in [0.29, 0.717) is 19.6 Å². The van der Waals surface area contributed by atoms with Gasteiger partial charge in [-0.3, -0.25) is 4.90 Å². The van der Waals surface area contributed by atoms with Crippen LogP contribution in [0.3, 0.4) is 0 Å². The lowest BCUT2D eigenvalue weighted by molar-refractivity contribution is -0.159. The van der Waals surface area contributed by atoms with Crippen LogP contribution < -0.4 is 0 Å². The molecule has 0 radical (unpaired) electrons. The van der Waals surface area contributed by atoms with E-state index < -0.39 is 5.60 Å². The molecule has 1 spiro atoms. The quantitative estimate of drug-likeness (QED) is 0.696. The lowest BCUT2D eigenvalue weighted by atomic mass is 9.80. The number of morpholine rings is 1. The van der Waals surface area contributed by atoms with Crippen LogP contribution >= 0.6 is 0 Å². The van der Waals surface area contributed by atoms with Gasteiger partial charge in [-0.1, -0.05) is 45.7 Å². The van der Waals surface area contributed by atoms with E-state index in [1.807, 2.05) is 0 Å². The molecule has 2 aromatic rings. The van der Waals surface area contributed by atoms with Gasteiger partial charge in [0.05, 0.1) is 18.9 Å². The molecule has 33 heavy (non-hydrogen) atoms. The van der Waals surface area contributed by atoms with Crippen LogP contribution in [-0.2, 0) is 14.4 Å². The third kappa shape index (κ3) is 3.65. The van der Waals surface area contributed by atoms with Gasteiger partial charge < -0.3 is 14.4 Å². The monoisotopic (exact) mass is 447 g/mol. The number of aryl methyl sites for hydroxylation is 6. The van der Waals surface area contributed by atoms with Gasteiger partial charge in [0.1, 0.15) is 5.71 Å². The molecule has 0 saturated carbocycles. The number of ether oxygens (including phenoxy) is 1. The lowest BCUT2D eigenvalue weighted by Crippen LogP contribution is -2.57. The molecule has 0 N–H and O–H groups in total. The van der Waals surface area contributed by atoms with Gasteiger partial charge in [0.2, 0.25) is 11.8 Å². The maximum atomic E-state index is 6.43. The van der Waals surface area contributed by atoms with Gasteiger partial charge in [-0.15, -0.1) is 0 Å². The van der Waals surface area contributed by atoms with Crippen LogP contribution in [0.5, 0.6) is 0 Å². The van der Waals surface area contributed by atoms with E-state index in [2.05, 4.69) is 81.0 Å². The SMILES string of the molecule is Cc1cc(C)c(C2=NO[C@@]3(C2)C(c2c(C)cc(C)cc2C)=NO[C@@H]3N2CCOCC2)c(C)c1. The summed E-state index contributed by atoms with van der Waals surface area (Å²) in [5.41, 5.74) is 10.6. The molecular weight excluding hydrogens is 414 g/mol. The number of nitrogens with zero attached hydrogens (tertiary/aromatic N) is 3. The molecule has 0 aromatic heterocycles. The van der Waals surface area contributed by atoms with Crippen LogP contribution in [-0.4, -0.2) is 54.5 Å². The van der Waals surface area contributed by atoms with Gasteiger partial charge in [-0.2, -0.15) is 0 Å². The van der Waals surface area contributed by atoms with Crippen LogP contribution in [0.15, 0.2) is 34.6 Å². The Morgan fingerprint density at radius 2 is 1.33 bits per heavy atom. The van der Waals surface area contributed by atoms with E-state index in [9.17, 15) is 0 Å². The summed E-state index contributed by atoms with van der Waals surface area (Å²) in [5, 5.41) is 9.36. The zero-order chi connectivity index (χ0) is 23.3. The first-order valence-corrected chi connectivity index (χ1v) is 11.8. The average molecular weight is 448 g/mol. The first-order chi connectivity index (χ1) is 15.8. The van der Waals surface area contributed by atoms with E-state index in [1.165, 1.54) is 38.9 Å². The lowest BCUT2D eigenvalue weighted by Gasteiger charge is -2.37. The first-order valence-electron chi connectivity index (χ1n) is 11.8. The van der Waals surface area contributed by atoms with Crippen molar-refractivity contribution < 1.29 is 14.4 Å². The molecular formula is C27H33N3O3. The maximum absolute atomic E-state index is 6.43. The summed E-state index contributed by atoms with van der Waals surface area (Å²) in [6, 6.07) is 8.82. The third-order valence-electron chi connectivity index (χ3n) is 7.05. The Bertz CT molecular complexity index is 1120. The van der Waals surface area contributed by atoms with Gasteiger partial charge in [-0.25, -0.2) is 0 Å². The van der Waals surface area contributed by atoms with Gasteiger partial charge in [0.25, 0.3) is 0 Å². The van der Waals surface area contributed by atoms with Crippen LogP contribution in [0, 0.1) is 41.5 Å².